The van der Waals surface area contributed by atoms with Gasteiger partial charge in [0.25, 0.3) is 5.91 Å². The molecule has 0 aliphatic carbocycles. The predicted octanol–water partition coefficient (Wildman–Crippen LogP) is 3.13. The number of aromatic nitrogens is 2. The van der Waals surface area contributed by atoms with Crippen molar-refractivity contribution in [3.63, 3.8) is 0 Å². The van der Waals surface area contributed by atoms with E-state index in [-0.39, 0.29) is 5.56 Å². The summed E-state index contributed by atoms with van der Waals surface area (Å²) in [6, 6.07) is 6.99. The number of carbonyl (C=O) groups excluding carboxylic acids is 1. The van der Waals surface area contributed by atoms with Crippen LogP contribution in [0.1, 0.15) is 23.2 Å². The third kappa shape index (κ3) is 3.27. The first kappa shape index (κ1) is 18.9. The molecule has 3 aromatic rings. The van der Waals surface area contributed by atoms with Crippen LogP contribution in [-0.2, 0) is 0 Å². The van der Waals surface area contributed by atoms with E-state index in [2.05, 4.69) is 26.8 Å². The van der Waals surface area contributed by atoms with Crippen LogP contribution in [0.15, 0.2) is 36.7 Å². The molecule has 4 heterocycles. The molecule has 30 heavy (non-hydrogen) atoms. The van der Waals surface area contributed by atoms with Crippen LogP contribution in [0.5, 0.6) is 11.5 Å². The van der Waals surface area contributed by atoms with Gasteiger partial charge in [0.15, 0.2) is 0 Å². The van der Waals surface area contributed by atoms with Crippen LogP contribution in [0.3, 0.4) is 0 Å². The van der Waals surface area contributed by atoms with E-state index in [1.165, 1.54) is 25.5 Å². The number of nitrogens with two attached hydrogens (primary N) is 1. The third-order valence-electron chi connectivity index (χ3n) is 6.31. The molecule has 156 valence electrons. The van der Waals surface area contributed by atoms with E-state index in [4.69, 9.17) is 10.5 Å². The number of likely N-dealkylation sites (tertiary alicyclic amines) is 1. The number of pyridine rings is 1. The Balaban J connectivity index is 1.40. The fourth-order valence-corrected chi connectivity index (χ4v) is 4.78. The van der Waals surface area contributed by atoms with Crippen molar-refractivity contribution in [1.29, 1.82) is 0 Å². The lowest BCUT2D eigenvalue weighted by Crippen LogP contribution is -2.58. The summed E-state index contributed by atoms with van der Waals surface area (Å²) in [7, 11) is 2.16. The van der Waals surface area contributed by atoms with Crippen molar-refractivity contribution < 1.29 is 13.9 Å². The van der Waals surface area contributed by atoms with Crippen LogP contribution in [0.2, 0.25) is 0 Å². The second-order valence-corrected chi connectivity index (χ2v) is 8.51. The number of benzene rings is 1. The Morgan fingerprint density at radius 1 is 1.27 bits per heavy atom. The molecule has 3 N–H and O–H groups in total. The Kier molecular flexibility index (Phi) is 4.39. The SMILES string of the molecule is CN1CC2(CCN(c3ccc(C(N)=O)c(Oc4cnc5[nH]cc(F)c5c4)c3)CC2)C1. The minimum absolute atomic E-state index is 0.280. The predicted molar refractivity (Wildman–Crippen MR) is 112 cm³/mol. The van der Waals surface area contributed by atoms with Crippen molar-refractivity contribution in [2.24, 2.45) is 11.1 Å². The number of hydrogen-bond acceptors (Lipinski definition) is 5. The maximum Gasteiger partial charge on any atom is 0.252 e. The first-order chi connectivity index (χ1) is 14.4. The zero-order valence-electron chi connectivity index (χ0n) is 16.8. The number of aromatic amines is 1. The summed E-state index contributed by atoms with van der Waals surface area (Å²) in [4.78, 5) is 23.5. The number of nitrogens with one attached hydrogen (secondary N) is 1. The van der Waals surface area contributed by atoms with E-state index < -0.39 is 11.7 Å². The Labute approximate surface area is 173 Å². The van der Waals surface area contributed by atoms with Crippen molar-refractivity contribution in [2.45, 2.75) is 12.8 Å². The molecule has 2 saturated heterocycles. The van der Waals surface area contributed by atoms with Gasteiger partial charge in [0.1, 0.15) is 23.0 Å². The quantitative estimate of drug-likeness (QED) is 0.691. The number of amides is 1. The molecule has 2 fully saturated rings. The number of primary amides is 1. The average Bonchev–Trinajstić information content (AvgIpc) is 3.08. The van der Waals surface area contributed by atoms with Gasteiger partial charge in [-0.2, -0.15) is 0 Å². The molecule has 2 aliphatic heterocycles. The molecule has 0 saturated carbocycles. The minimum Gasteiger partial charge on any atom is -0.455 e. The van der Waals surface area contributed by atoms with E-state index in [0.29, 0.717) is 27.9 Å². The number of hydrogen-bond donors (Lipinski definition) is 2. The number of fused-ring (bicyclic) bond motifs is 1. The summed E-state index contributed by atoms with van der Waals surface area (Å²) >= 11 is 0. The third-order valence-corrected chi connectivity index (χ3v) is 6.31. The summed E-state index contributed by atoms with van der Waals surface area (Å²) in [5, 5.41) is 0.330. The Morgan fingerprint density at radius 2 is 2.03 bits per heavy atom. The highest BCUT2D eigenvalue weighted by atomic mass is 19.1. The van der Waals surface area contributed by atoms with Crippen molar-refractivity contribution in [3.05, 3.63) is 48.0 Å². The van der Waals surface area contributed by atoms with Crippen LogP contribution < -0.4 is 15.4 Å². The largest absolute Gasteiger partial charge is 0.455 e. The zero-order chi connectivity index (χ0) is 20.9. The zero-order valence-corrected chi connectivity index (χ0v) is 16.8. The van der Waals surface area contributed by atoms with E-state index in [9.17, 15) is 9.18 Å². The second kappa shape index (κ2) is 6.98. The lowest BCUT2D eigenvalue weighted by Gasteiger charge is -2.53. The van der Waals surface area contributed by atoms with Crippen LogP contribution in [-0.4, -0.2) is 54.0 Å². The number of anilines is 1. The van der Waals surface area contributed by atoms with Crippen LogP contribution in [0.4, 0.5) is 10.1 Å². The lowest BCUT2D eigenvalue weighted by molar-refractivity contribution is 0.00131. The topological polar surface area (TPSA) is 87.5 Å². The van der Waals surface area contributed by atoms with Crippen LogP contribution >= 0.6 is 0 Å². The number of ether oxygens (including phenoxy) is 1. The highest BCUT2D eigenvalue weighted by Gasteiger charge is 2.43. The summed E-state index contributed by atoms with van der Waals surface area (Å²) in [5.41, 5.74) is 7.71. The first-order valence-electron chi connectivity index (χ1n) is 10.1. The van der Waals surface area contributed by atoms with Gasteiger partial charge in [0, 0.05) is 44.1 Å². The van der Waals surface area contributed by atoms with E-state index in [0.717, 1.165) is 31.6 Å². The van der Waals surface area contributed by atoms with Gasteiger partial charge in [-0.15, -0.1) is 0 Å². The lowest BCUT2D eigenvalue weighted by atomic mass is 9.72. The van der Waals surface area contributed by atoms with Gasteiger partial charge in [-0.3, -0.25) is 4.79 Å². The second-order valence-electron chi connectivity index (χ2n) is 8.51. The molecule has 0 unspecified atom stereocenters. The number of rotatable bonds is 4. The molecule has 0 bridgehead atoms. The summed E-state index contributed by atoms with van der Waals surface area (Å²) in [5.74, 6) is -0.291. The summed E-state index contributed by atoms with van der Waals surface area (Å²) < 4.78 is 19.8. The van der Waals surface area contributed by atoms with Crippen molar-refractivity contribution in [3.8, 4) is 11.5 Å². The van der Waals surface area contributed by atoms with Gasteiger partial charge >= 0.3 is 0 Å². The molecular weight excluding hydrogens is 385 g/mol. The van der Waals surface area contributed by atoms with Crippen molar-refractivity contribution >= 4 is 22.6 Å². The Morgan fingerprint density at radius 3 is 2.73 bits per heavy atom. The monoisotopic (exact) mass is 409 g/mol. The maximum absolute atomic E-state index is 13.9. The number of nitrogens with zero attached hydrogens (tertiary/aromatic N) is 3. The van der Waals surface area contributed by atoms with Gasteiger partial charge in [-0.05, 0) is 43.5 Å². The van der Waals surface area contributed by atoms with Crippen LogP contribution in [0, 0.1) is 11.2 Å². The molecule has 1 aromatic carbocycles. The van der Waals surface area contributed by atoms with Gasteiger partial charge in [0.05, 0.1) is 17.1 Å². The fraction of sp³-hybridized carbons (Fsp3) is 0.364. The number of halogens is 1. The number of piperidine rings is 1. The van der Waals surface area contributed by atoms with Crippen molar-refractivity contribution in [1.82, 2.24) is 14.9 Å². The Bertz CT molecular complexity index is 1110. The molecule has 2 aliphatic rings. The standard InChI is InChI=1S/C22H24FN5O2/c1-27-12-22(13-27)4-6-28(7-5-22)14-2-3-16(20(24)29)19(8-14)30-15-9-17-18(23)11-26-21(17)25-10-15/h2-3,8-11H,4-7,12-13H2,1H3,(H2,24,29)(H,25,26). The average molecular weight is 409 g/mol. The molecule has 0 radical (unpaired) electrons. The molecule has 7 nitrogen and oxygen atoms in total. The van der Waals surface area contributed by atoms with Gasteiger partial charge in [-0.1, -0.05) is 0 Å². The van der Waals surface area contributed by atoms with Gasteiger partial charge in [-0.25, -0.2) is 9.37 Å². The molecule has 2 aromatic heterocycles. The minimum atomic E-state index is -0.575. The van der Waals surface area contributed by atoms with Crippen molar-refractivity contribution in [2.75, 3.05) is 38.1 Å². The smallest absolute Gasteiger partial charge is 0.252 e. The van der Waals surface area contributed by atoms with E-state index >= 15 is 0 Å². The molecule has 0 atom stereocenters. The van der Waals surface area contributed by atoms with E-state index in [1.807, 2.05) is 12.1 Å². The molecular formula is C22H24FN5O2. The molecule has 1 spiro atoms. The van der Waals surface area contributed by atoms with Crippen LogP contribution in [0.25, 0.3) is 11.0 Å². The van der Waals surface area contributed by atoms with Gasteiger partial charge in [0.2, 0.25) is 0 Å². The highest BCUT2D eigenvalue weighted by molar-refractivity contribution is 5.96. The summed E-state index contributed by atoms with van der Waals surface area (Å²) in [6.07, 6.45) is 5.05. The fourth-order valence-electron chi connectivity index (χ4n) is 4.78. The Hall–Kier alpha value is -3.13. The molecule has 5 rings (SSSR count). The van der Waals surface area contributed by atoms with E-state index in [1.54, 1.807) is 12.1 Å². The number of carbonyl (C=O) groups is 1. The molecule has 1 amide bonds. The molecule has 8 heteroatoms. The maximum atomic E-state index is 13.9. The normalized spacial score (nSPS) is 18.5. The summed E-state index contributed by atoms with van der Waals surface area (Å²) in [6.45, 7) is 4.26. The number of H-pyrrole nitrogens is 1. The van der Waals surface area contributed by atoms with Gasteiger partial charge < -0.3 is 25.3 Å². The first-order valence-corrected chi connectivity index (χ1v) is 10.1. The highest BCUT2D eigenvalue weighted by Crippen LogP contribution is 2.41.